The smallest absolute Gasteiger partial charge is 0.263 e. The molecule has 2 aromatic carbocycles. The van der Waals surface area contributed by atoms with Crippen LogP contribution in [0.5, 0.6) is 11.5 Å². The summed E-state index contributed by atoms with van der Waals surface area (Å²) in [4.78, 5) is 15.2. The van der Waals surface area contributed by atoms with Gasteiger partial charge in [-0.25, -0.2) is 4.37 Å². The average molecular weight is 464 g/mol. The summed E-state index contributed by atoms with van der Waals surface area (Å²) in [5.41, 5.74) is 2.25. The van der Waals surface area contributed by atoms with Gasteiger partial charge in [-0.15, -0.1) is 0 Å². The molecule has 2 aliphatic rings. The van der Waals surface area contributed by atoms with Gasteiger partial charge < -0.3 is 19.7 Å². The first kappa shape index (κ1) is 21.8. The predicted octanol–water partition coefficient (Wildman–Crippen LogP) is 5.08. The molecule has 1 saturated carbocycles. The highest BCUT2D eigenvalue weighted by molar-refractivity contribution is 7.08. The molecule has 0 bridgehead atoms. The summed E-state index contributed by atoms with van der Waals surface area (Å²) in [6.45, 7) is 4.66. The van der Waals surface area contributed by atoms with Crippen molar-refractivity contribution in [2.75, 3.05) is 24.6 Å². The van der Waals surface area contributed by atoms with Crippen LogP contribution in [-0.4, -0.2) is 36.1 Å². The molecule has 6 nitrogen and oxygen atoms in total. The van der Waals surface area contributed by atoms with E-state index in [0.29, 0.717) is 4.88 Å². The zero-order chi connectivity index (χ0) is 22.6. The highest BCUT2D eigenvalue weighted by Gasteiger charge is 2.25. The van der Waals surface area contributed by atoms with Crippen molar-refractivity contribution in [2.45, 2.75) is 38.3 Å². The van der Waals surface area contributed by atoms with E-state index < -0.39 is 0 Å². The number of nitrogens with zero attached hydrogens (tertiary/aromatic N) is 2. The standard InChI is InChI=1S/C26H29N3O3S/c1-18(28-26(30)25-12-14-27-33-25)20-4-8-23(9-5-20)32-24-13-15-29(16-24)21-6-10-22(11-7-21)31-17-19-2-3-19/h4-12,14,18-19,24H,2-3,13,15-17H2,1H3,(H,28,30)/t18-,24+/m0/s1. The molecule has 0 spiro atoms. The van der Waals surface area contributed by atoms with Crippen LogP contribution in [0.1, 0.15) is 47.5 Å². The van der Waals surface area contributed by atoms with E-state index >= 15 is 0 Å². The Bertz CT molecular complexity index is 1050. The molecule has 7 heteroatoms. The molecular formula is C26H29N3O3S. The fraction of sp³-hybridized carbons (Fsp3) is 0.385. The van der Waals surface area contributed by atoms with Crippen molar-refractivity contribution in [1.29, 1.82) is 0 Å². The zero-order valence-corrected chi connectivity index (χ0v) is 19.6. The molecule has 2 fully saturated rings. The maximum Gasteiger partial charge on any atom is 0.263 e. The first-order chi connectivity index (χ1) is 16.1. The van der Waals surface area contributed by atoms with E-state index in [4.69, 9.17) is 9.47 Å². The van der Waals surface area contributed by atoms with Crippen molar-refractivity contribution < 1.29 is 14.3 Å². The van der Waals surface area contributed by atoms with Crippen LogP contribution in [0.25, 0.3) is 0 Å². The SMILES string of the molecule is C[C@H](NC(=O)c1ccns1)c1ccc(O[C@@H]2CCN(c3ccc(OCC4CC4)cc3)C2)cc1. The fourth-order valence-corrected chi connectivity index (χ4v) is 4.52. The van der Waals surface area contributed by atoms with Crippen molar-refractivity contribution in [3.8, 4) is 11.5 Å². The van der Waals surface area contributed by atoms with Gasteiger partial charge in [-0.3, -0.25) is 4.79 Å². The molecule has 33 heavy (non-hydrogen) atoms. The molecule has 1 amide bonds. The Balaban J connectivity index is 1.11. The van der Waals surface area contributed by atoms with Crippen molar-refractivity contribution in [3.05, 3.63) is 71.2 Å². The summed E-state index contributed by atoms with van der Waals surface area (Å²) in [6.07, 6.45) is 5.39. The normalized spacial score (nSPS) is 18.7. The molecule has 2 heterocycles. The highest BCUT2D eigenvalue weighted by atomic mass is 32.1. The second-order valence-corrected chi connectivity index (χ2v) is 9.70. The third-order valence-electron chi connectivity index (χ3n) is 6.22. The lowest BCUT2D eigenvalue weighted by molar-refractivity contribution is 0.0944. The number of hydrogen-bond acceptors (Lipinski definition) is 6. The molecule has 2 atom stereocenters. The summed E-state index contributed by atoms with van der Waals surface area (Å²) < 4.78 is 16.1. The van der Waals surface area contributed by atoms with Crippen LogP contribution in [-0.2, 0) is 0 Å². The van der Waals surface area contributed by atoms with Crippen molar-refractivity contribution in [3.63, 3.8) is 0 Å². The quantitative estimate of drug-likeness (QED) is 0.479. The maximum atomic E-state index is 12.2. The van der Waals surface area contributed by atoms with Gasteiger partial charge in [-0.05, 0) is 85.2 Å². The molecular weight excluding hydrogens is 434 g/mol. The molecule has 1 saturated heterocycles. The number of aromatic nitrogens is 1. The van der Waals surface area contributed by atoms with Crippen LogP contribution in [0, 0.1) is 5.92 Å². The van der Waals surface area contributed by atoms with Gasteiger partial charge in [-0.2, -0.15) is 0 Å². The number of rotatable bonds is 9. The van der Waals surface area contributed by atoms with E-state index in [1.54, 1.807) is 12.3 Å². The van der Waals surface area contributed by atoms with E-state index in [9.17, 15) is 4.79 Å². The maximum absolute atomic E-state index is 12.2. The Hall–Kier alpha value is -3.06. The first-order valence-electron chi connectivity index (χ1n) is 11.6. The predicted molar refractivity (Wildman–Crippen MR) is 130 cm³/mol. The Morgan fingerprint density at radius 1 is 1.09 bits per heavy atom. The lowest BCUT2D eigenvalue weighted by Crippen LogP contribution is -2.26. The molecule has 1 N–H and O–H groups in total. The highest BCUT2D eigenvalue weighted by Crippen LogP contribution is 2.30. The molecule has 5 rings (SSSR count). The first-order valence-corrected chi connectivity index (χ1v) is 12.4. The number of benzene rings is 2. The minimum atomic E-state index is -0.0983. The van der Waals surface area contributed by atoms with Gasteiger partial charge in [0.05, 0.1) is 19.2 Å². The van der Waals surface area contributed by atoms with Crippen LogP contribution in [0.15, 0.2) is 60.8 Å². The lowest BCUT2D eigenvalue weighted by Gasteiger charge is -2.20. The molecule has 1 aromatic heterocycles. The van der Waals surface area contributed by atoms with E-state index in [1.165, 1.54) is 30.1 Å². The van der Waals surface area contributed by atoms with Gasteiger partial charge in [0, 0.05) is 24.8 Å². The number of ether oxygens (including phenoxy) is 2. The summed E-state index contributed by atoms with van der Waals surface area (Å²) in [5.74, 6) is 2.48. The summed E-state index contributed by atoms with van der Waals surface area (Å²) in [7, 11) is 0. The number of carbonyl (C=O) groups is 1. The lowest BCUT2D eigenvalue weighted by atomic mass is 10.1. The Morgan fingerprint density at radius 3 is 2.55 bits per heavy atom. The Kier molecular flexibility index (Phi) is 6.48. The zero-order valence-electron chi connectivity index (χ0n) is 18.8. The van der Waals surface area contributed by atoms with Gasteiger partial charge >= 0.3 is 0 Å². The van der Waals surface area contributed by atoms with E-state index in [0.717, 1.165) is 49.1 Å². The number of anilines is 1. The number of hydrogen-bond donors (Lipinski definition) is 1. The summed E-state index contributed by atoms with van der Waals surface area (Å²) in [5, 5.41) is 3.01. The largest absolute Gasteiger partial charge is 0.493 e. The second kappa shape index (κ2) is 9.83. The fourth-order valence-electron chi connectivity index (χ4n) is 4.02. The number of carbonyl (C=O) groups excluding carboxylic acids is 1. The van der Waals surface area contributed by atoms with Gasteiger partial charge in [-0.1, -0.05) is 12.1 Å². The van der Waals surface area contributed by atoms with Gasteiger partial charge in [0.2, 0.25) is 0 Å². The van der Waals surface area contributed by atoms with E-state index in [2.05, 4.69) is 38.9 Å². The van der Waals surface area contributed by atoms with Crippen molar-refractivity contribution >= 4 is 23.1 Å². The monoisotopic (exact) mass is 463 g/mol. The summed E-state index contributed by atoms with van der Waals surface area (Å²) >= 11 is 1.20. The molecule has 172 valence electrons. The van der Waals surface area contributed by atoms with Gasteiger partial charge in [0.25, 0.3) is 5.91 Å². The molecule has 1 aliphatic carbocycles. The third kappa shape index (κ3) is 5.66. The molecule has 1 aliphatic heterocycles. The minimum absolute atomic E-state index is 0.0909. The minimum Gasteiger partial charge on any atom is -0.493 e. The molecule has 3 aromatic rings. The van der Waals surface area contributed by atoms with E-state index in [-0.39, 0.29) is 18.1 Å². The number of amides is 1. The van der Waals surface area contributed by atoms with Crippen LogP contribution >= 0.6 is 11.5 Å². The summed E-state index contributed by atoms with van der Waals surface area (Å²) in [6, 6.07) is 18.1. The molecule has 0 radical (unpaired) electrons. The Morgan fingerprint density at radius 2 is 1.85 bits per heavy atom. The number of nitrogens with one attached hydrogen (secondary N) is 1. The van der Waals surface area contributed by atoms with Crippen LogP contribution in [0.3, 0.4) is 0 Å². The van der Waals surface area contributed by atoms with Crippen LogP contribution in [0.4, 0.5) is 5.69 Å². The van der Waals surface area contributed by atoms with E-state index in [1.807, 2.05) is 31.2 Å². The molecule has 0 unspecified atom stereocenters. The van der Waals surface area contributed by atoms with Crippen molar-refractivity contribution in [2.24, 2.45) is 5.92 Å². The Labute approximate surface area is 198 Å². The van der Waals surface area contributed by atoms with Gasteiger partial charge in [0.1, 0.15) is 22.5 Å². The van der Waals surface area contributed by atoms with Gasteiger partial charge in [0.15, 0.2) is 0 Å². The van der Waals surface area contributed by atoms with Crippen molar-refractivity contribution in [1.82, 2.24) is 9.69 Å². The topological polar surface area (TPSA) is 63.7 Å². The average Bonchev–Trinajstić information content (AvgIpc) is 3.29. The van der Waals surface area contributed by atoms with Crippen LogP contribution in [0.2, 0.25) is 0 Å². The second-order valence-electron chi connectivity index (χ2n) is 8.86. The third-order valence-corrected chi connectivity index (χ3v) is 6.97. The van der Waals surface area contributed by atoms with Crippen LogP contribution < -0.4 is 19.7 Å².